The van der Waals surface area contributed by atoms with Gasteiger partial charge in [0, 0.05) is 0 Å². The Morgan fingerprint density at radius 1 is 0.516 bits per heavy atom. The van der Waals surface area contributed by atoms with E-state index in [4.69, 9.17) is 0 Å². The fourth-order valence-electron chi connectivity index (χ4n) is 2.76. The monoisotopic (exact) mass is 474 g/mol. The molecule has 0 saturated heterocycles. The van der Waals surface area contributed by atoms with Crippen molar-refractivity contribution in [1.82, 2.24) is 0 Å². The van der Waals surface area contributed by atoms with Gasteiger partial charge < -0.3 is 0 Å². The molecule has 5 rings (SSSR count). The van der Waals surface area contributed by atoms with E-state index in [1.165, 1.54) is 0 Å². The molecule has 2 aliphatic rings. The molecule has 3 aromatic rings. The van der Waals surface area contributed by atoms with Crippen molar-refractivity contribution in [2.45, 2.75) is 0 Å². The van der Waals surface area contributed by atoms with Gasteiger partial charge in [0.2, 0.25) is 0 Å². The van der Waals surface area contributed by atoms with Crippen LogP contribution in [0.15, 0.2) is 84.9 Å². The molecule has 0 spiro atoms. The van der Waals surface area contributed by atoms with Crippen molar-refractivity contribution in [2.75, 3.05) is 0 Å². The average Bonchev–Trinajstić information content (AvgIpc) is 3.59. The van der Waals surface area contributed by atoms with Gasteiger partial charge in [-0.25, -0.2) is 5.56 Å². The fourth-order valence-corrected chi connectivity index (χ4v) is 2.76. The minimum Gasteiger partial charge on any atom is -0.209 e. The summed E-state index contributed by atoms with van der Waals surface area (Å²) in [6, 6.07) is 31.8. The van der Waals surface area contributed by atoms with E-state index in [9.17, 15) is 0 Å². The molecule has 3 aromatic carbocycles. The molecule has 0 atom stereocenters. The van der Waals surface area contributed by atoms with Crippen LogP contribution in [0.4, 0.5) is 0 Å². The minimum atomic E-state index is 0. The Labute approximate surface area is 208 Å². The normalized spacial score (nSPS) is 15.0. The Kier molecular flexibility index (Phi) is 13.2. The van der Waals surface area contributed by atoms with Crippen LogP contribution in [0.5, 0.6) is 0 Å². The summed E-state index contributed by atoms with van der Waals surface area (Å²) in [7, 11) is 0. The summed E-state index contributed by atoms with van der Waals surface area (Å²) < 4.78 is 0. The Morgan fingerprint density at radius 2 is 0.968 bits per heavy atom. The molecular formula is C30H24Zr+2. The predicted octanol–water partition coefficient (Wildman–Crippen LogP) is 6.81. The van der Waals surface area contributed by atoms with Gasteiger partial charge in [0.05, 0.1) is 0 Å². The fraction of sp³-hybridized carbons (Fsp3) is 0. The van der Waals surface area contributed by atoms with E-state index in [-0.39, 0.29) is 26.2 Å². The molecule has 0 nitrogen and oxygen atoms in total. The Balaban J connectivity index is 0.000000254. The molecule has 0 amide bonds. The van der Waals surface area contributed by atoms with E-state index in [2.05, 4.69) is 42.5 Å². The van der Waals surface area contributed by atoms with Crippen molar-refractivity contribution in [1.29, 1.82) is 0 Å². The third-order valence-corrected chi connectivity index (χ3v) is 4.20. The van der Waals surface area contributed by atoms with Crippen LogP contribution in [0, 0.1) is 76.4 Å². The van der Waals surface area contributed by atoms with Crippen molar-refractivity contribution < 1.29 is 26.2 Å². The maximum Gasteiger partial charge on any atom is 4.00 e. The van der Waals surface area contributed by atoms with Crippen LogP contribution in [0.1, 0.15) is 16.7 Å². The second-order valence-corrected chi connectivity index (χ2v) is 6.43. The molecule has 0 heterocycles. The van der Waals surface area contributed by atoms with Crippen molar-refractivity contribution in [3.05, 3.63) is 178 Å². The van der Waals surface area contributed by atoms with Crippen LogP contribution < -0.4 is 0 Å². The van der Waals surface area contributed by atoms with Gasteiger partial charge >= 0.3 is 26.2 Å². The van der Waals surface area contributed by atoms with E-state index < -0.39 is 0 Å². The largest absolute Gasteiger partial charge is 4.00 e. The first-order valence-electron chi connectivity index (χ1n) is 9.98. The number of hydrogen-bond acceptors (Lipinski definition) is 0. The first kappa shape index (κ1) is 25.5. The molecule has 0 unspecified atom stereocenters. The van der Waals surface area contributed by atoms with Gasteiger partial charge in [0.25, 0.3) is 0 Å². The summed E-state index contributed by atoms with van der Waals surface area (Å²) in [5, 5.41) is 0. The smallest absolute Gasteiger partial charge is 0.209 e. The van der Waals surface area contributed by atoms with Gasteiger partial charge in [-0.3, -0.25) is 0 Å². The van der Waals surface area contributed by atoms with Crippen molar-refractivity contribution >= 4 is 5.57 Å². The summed E-state index contributed by atoms with van der Waals surface area (Å²) >= 11 is 0. The van der Waals surface area contributed by atoms with Gasteiger partial charge in [-0.15, -0.1) is 29.3 Å². The van der Waals surface area contributed by atoms with Gasteiger partial charge in [-0.05, 0) is 64.2 Å². The maximum atomic E-state index is 3.50. The zero-order valence-corrected chi connectivity index (χ0v) is 19.8. The second-order valence-electron chi connectivity index (χ2n) is 6.43. The standard InChI is InChI=1S/C20H14.2C5H5.Zr/c1-4-10-17(11-5-1)16-20(18-12-6-2-7-13-18)19-14-8-3-9-15-19;2*1-2-4-5-3-1;/h1-14H;2*1-5H;/q-2;;;+4. The maximum absolute atomic E-state index is 3.50. The number of hydrogen-bond donors (Lipinski definition) is 0. The Bertz CT molecular complexity index is 763. The molecule has 10 radical (unpaired) electrons. The summed E-state index contributed by atoms with van der Waals surface area (Å²) in [5.41, 5.74) is 4.35. The Hall–Kier alpha value is -1.72. The molecule has 2 saturated carbocycles. The van der Waals surface area contributed by atoms with Gasteiger partial charge in [-0.1, -0.05) is 48.5 Å². The third-order valence-electron chi connectivity index (χ3n) is 4.20. The molecule has 1 heteroatoms. The summed E-state index contributed by atoms with van der Waals surface area (Å²) in [5.74, 6) is 0. The molecule has 0 aliphatic heterocycles. The van der Waals surface area contributed by atoms with Crippen LogP contribution in [-0.4, -0.2) is 0 Å². The zero-order chi connectivity index (χ0) is 20.7. The van der Waals surface area contributed by atoms with Crippen LogP contribution in [0.2, 0.25) is 0 Å². The number of rotatable bonds is 3. The molecule has 0 aromatic heterocycles. The minimum absolute atomic E-state index is 0. The summed E-state index contributed by atoms with van der Waals surface area (Å²) in [6.07, 6.45) is 23.5. The van der Waals surface area contributed by atoms with Crippen molar-refractivity contribution in [3.63, 3.8) is 0 Å². The van der Waals surface area contributed by atoms with Gasteiger partial charge in [0.1, 0.15) is 0 Å². The van der Waals surface area contributed by atoms with E-state index >= 15 is 0 Å². The quantitative estimate of drug-likeness (QED) is 0.288. The van der Waals surface area contributed by atoms with Gasteiger partial charge in [0.15, 0.2) is 0 Å². The zero-order valence-electron chi connectivity index (χ0n) is 17.4. The average molecular weight is 476 g/mol. The summed E-state index contributed by atoms with van der Waals surface area (Å²) in [4.78, 5) is 0. The van der Waals surface area contributed by atoms with Crippen molar-refractivity contribution in [2.24, 2.45) is 0 Å². The Morgan fingerprint density at radius 3 is 1.42 bits per heavy atom. The van der Waals surface area contributed by atoms with E-state index in [0.717, 1.165) is 22.3 Å². The molecule has 2 fully saturated rings. The van der Waals surface area contributed by atoms with Crippen LogP contribution in [-0.2, 0) is 26.2 Å². The predicted molar refractivity (Wildman–Crippen MR) is 126 cm³/mol. The first-order valence-corrected chi connectivity index (χ1v) is 9.98. The molecular weight excluding hydrogens is 452 g/mol. The van der Waals surface area contributed by atoms with E-state index in [1.54, 1.807) is 0 Å². The van der Waals surface area contributed by atoms with Gasteiger partial charge in [-0.2, -0.15) is 35.9 Å². The topological polar surface area (TPSA) is 0 Å². The molecule has 0 bridgehead atoms. The molecule has 146 valence electrons. The summed E-state index contributed by atoms with van der Waals surface area (Å²) in [6.45, 7) is 0. The van der Waals surface area contributed by atoms with Crippen molar-refractivity contribution in [3.8, 4) is 0 Å². The SMILES string of the molecule is [C-](=C(c1[c-]cccc1)c1ccccc1)c1ccccc1.[CH]1[CH][CH][CH][CH]1.[CH]1[CH][CH][CH][CH]1.[Zr+4]. The molecule has 2 aliphatic carbocycles. The molecule has 0 N–H and O–H groups in total. The second kappa shape index (κ2) is 16.0. The van der Waals surface area contributed by atoms with Crippen LogP contribution in [0.3, 0.4) is 0 Å². The number of benzene rings is 3. The first-order chi connectivity index (χ1) is 14.9. The third kappa shape index (κ3) is 9.96. The van der Waals surface area contributed by atoms with Crippen LogP contribution >= 0.6 is 0 Å². The molecule has 31 heavy (non-hydrogen) atoms. The van der Waals surface area contributed by atoms with Crippen LogP contribution in [0.25, 0.3) is 5.57 Å². The van der Waals surface area contributed by atoms with E-state index in [1.807, 2.05) is 119 Å². The van der Waals surface area contributed by atoms with E-state index in [0.29, 0.717) is 0 Å².